The van der Waals surface area contributed by atoms with E-state index in [-0.39, 0.29) is 30.3 Å². The van der Waals surface area contributed by atoms with Crippen molar-refractivity contribution in [3.8, 4) is 5.75 Å². The molecule has 1 saturated heterocycles. The number of benzene rings is 2. The van der Waals surface area contributed by atoms with Crippen molar-refractivity contribution in [3.63, 3.8) is 0 Å². The largest absolute Gasteiger partial charge is 0.496 e. The molecular weight excluding hydrogens is 515 g/mol. The van der Waals surface area contributed by atoms with Gasteiger partial charge in [0, 0.05) is 48.3 Å². The number of amides is 3. The third-order valence-electron chi connectivity index (χ3n) is 6.90. The molecular formula is C27H26Cl2N4O4. The van der Waals surface area contributed by atoms with Gasteiger partial charge in [-0.3, -0.25) is 14.4 Å². The Labute approximate surface area is 224 Å². The summed E-state index contributed by atoms with van der Waals surface area (Å²) in [5, 5.41) is 4.29. The summed E-state index contributed by atoms with van der Waals surface area (Å²) >= 11 is 12.8. The molecule has 3 heterocycles. The zero-order valence-electron chi connectivity index (χ0n) is 20.3. The molecule has 0 spiro atoms. The Morgan fingerprint density at radius 1 is 1.19 bits per heavy atom. The minimum atomic E-state index is -0.239. The number of aromatic nitrogens is 1. The van der Waals surface area contributed by atoms with Crippen LogP contribution in [-0.2, 0) is 29.1 Å². The van der Waals surface area contributed by atoms with Crippen molar-refractivity contribution in [3.05, 3.63) is 75.9 Å². The van der Waals surface area contributed by atoms with Gasteiger partial charge in [-0.25, -0.2) is 0 Å². The van der Waals surface area contributed by atoms with Gasteiger partial charge in [-0.2, -0.15) is 0 Å². The Morgan fingerprint density at radius 2 is 1.97 bits per heavy atom. The van der Waals surface area contributed by atoms with Crippen molar-refractivity contribution in [2.75, 3.05) is 26.7 Å². The van der Waals surface area contributed by atoms with E-state index in [1.54, 1.807) is 39.8 Å². The highest BCUT2D eigenvalue weighted by molar-refractivity contribution is 6.39. The Bertz CT molecular complexity index is 1430. The van der Waals surface area contributed by atoms with E-state index in [0.717, 1.165) is 16.9 Å². The summed E-state index contributed by atoms with van der Waals surface area (Å²) in [5.74, 6) is 0.270. The summed E-state index contributed by atoms with van der Waals surface area (Å²) < 4.78 is 7.17. The Hall–Kier alpha value is -3.49. The SMILES string of the molecule is C=CC(=O)N1CC(NC(=O)Cn2cc(C(=O)N3CCc4c(cccc4OC)C3)c3cc(Cl)cc(Cl)c32)C1. The molecule has 1 fully saturated rings. The zero-order chi connectivity index (χ0) is 26.3. The van der Waals surface area contributed by atoms with Crippen LogP contribution in [0.1, 0.15) is 21.5 Å². The fourth-order valence-corrected chi connectivity index (χ4v) is 5.67. The fourth-order valence-electron chi connectivity index (χ4n) is 5.06. The van der Waals surface area contributed by atoms with Gasteiger partial charge in [0.15, 0.2) is 0 Å². The van der Waals surface area contributed by atoms with Crippen molar-refractivity contribution in [1.29, 1.82) is 0 Å². The van der Waals surface area contributed by atoms with Crippen molar-refractivity contribution in [1.82, 2.24) is 19.7 Å². The maximum atomic E-state index is 13.7. The van der Waals surface area contributed by atoms with Crippen molar-refractivity contribution in [2.24, 2.45) is 0 Å². The van der Waals surface area contributed by atoms with E-state index >= 15 is 0 Å². The van der Waals surface area contributed by atoms with Crippen molar-refractivity contribution >= 4 is 51.8 Å². The number of ether oxygens (including phenoxy) is 1. The first-order valence-electron chi connectivity index (χ1n) is 11.9. The Kier molecular flexibility index (Phi) is 6.88. The average molecular weight is 541 g/mol. The molecule has 2 aliphatic rings. The number of rotatable bonds is 6. The van der Waals surface area contributed by atoms with E-state index in [2.05, 4.69) is 11.9 Å². The normalized spacial score (nSPS) is 15.2. The number of likely N-dealkylation sites (tertiary alicyclic amines) is 1. The second-order valence-electron chi connectivity index (χ2n) is 9.24. The molecule has 8 nitrogen and oxygen atoms in total. The van der Waals surface area contributed by atoms with Crippen LogP contribution in [-0.4, -0.2) is 64.9 Å². The van der Waals surface area contributed by atoms with Gasteiger partial charge in [-0.1, -0.05) is 41.9 Å². The molecule has 37 heavy (non-hydrogen) atoms. The number of nitrogens with one attached hydrogen (secondary N) is 1. The monoisotopic (exact) mass is 540 g/mol. The van der Waals surface area contributed by atoms with Crippen LogP contribution < -0.4 is 10.1 Å². The highest BCUT2D eigenvalue weighted by atomic mass is 35.5. The Morgan fingerprint density at radius 3 is 2.70 bits per heavy atom. The standard InChI is InChI=1S/C27H26Cl2N4O4/c1-3-25(35)32-12-18(13-32)30-24(34)15-33-14-21(20-9-17(28)10-22(29)26(20)33)27(36)31-8-7-19-16(11-31)5-4-6-23(19)37-2/h3-6,9-10,14,18H,1,7-8,11-13,15H2,2H3,(H,30,34). The summed E-state index contributed by atoms with van der Waals surface area (Å²) in [6.07, 6.45) is 3.61. The van der Waals surface area contributed by atoms with Gasteiger partial charge < -0.3 is 24.4 Å². The van der Waals surface area contributed by atoms with Crippen LogP contribution in [0.3, 0.4) is 0 Å². The molecule has 3 aromatic rings. The van der Waals surface area contributed by atoms with Crippen LogP contribution in [0.4, 0.5) is 0 Å². The molecule has 192 valence electrons. The number of nitrogens with zero attached hydrogens (tertiary/aromatic N) is 3. The van der Waals surface area contributed by atoms with Crippen LogP contribution in [0.2, 0.25) is 10.0 Å². The van der Waals surface area contributed by atoms with E-state index in [1.807, 2.05) is 18.2 Å². The number of carbonyl (C=O) groups excluding carboxylic acids is 3. The second-order valence-corrected chi connectivity index (χ2v) is 10.1. The van der Waals surface area contributed by atoms with Crippen molar-refractivity contribution in [2.45, 2.75) is 25.6 Å². The third kappa shape index (κ3) is 4.79. The van der Waals surface area contributed by atoms with E-state index in [4.69, 9.17) is 27.9 Å². The summed E-state index contributed by atoms with van der Waals surface area (Å²) in [6.45, 7) is 5.31. The molecule has 1 N–H and O–H groups in total. The summed E-state index contributed by atoms with van der Waals surface area (Å²) in [7, 11) is 1.65. The fraction of sp³-hybridized carbons (Fsp3) is 0.296. The maximum Gasteiger partial charge on any atom is 0.256 e. The molecule has 0 atom stereocenters. The summed E-state index contributed by atoms with van der Waals surface area (Å²) in [4.78, 5) is 41.6. The zero-order valence-corrected chi connectivity index (χ0v) is 21.8. The quantitative estimate of drug-likeness (QED) is 0.483. The van der Waals surface area contributed by atoms with Crippen LogP contribution >= 0.6 is 23.2 Å². The first-order chi connectivity index (χ1) is 17.8. The second kappa shape index (κ2) is 10.1. The van der Waals surface area contributed by atoms with E-state index in [9.17, 15) is 14.4 Å². The number of hydrogen-bond acceptors (Lipinski definition) is 4. The minimum absolute atomic E-state index is 0.0307. The highest BCUT2D eigenvalue weighted by Crippen LogP contribution is 2.34. The maximum absolute atomic E-state index is 13.7. The predicted octanol–water partition coefficient (Wildman–Crippen LogP) is 3.67. The third-order valence-corrected chi connectivity index (χ3v) is 7.40. The van der Waals surface area contributed by atoms with Crippen molar-refractivity contribution < 1.29 is 19.1 Å². The van der Waals surface area contributed by atoms with Crippen LogP contribution in [0.5, 0.6) is 5.75 Å². The lowest BCUT2D eigenvalue weighted by Crippen LogP contribution is -2.61. The minimum Gasteiger partial charge on any atom is -0.496 e. The van der Waals surface area contributed by atoms with Crippen LogP contribution in [0.25, 0.3) is 10.9 Å². The number of methoxy groups -OCH3 is 1. The van der Waals surface area contributed by atoms with E-state index in [0.29, 0.717) is 59.1 Å². The molecule has 10 heteroatoms. The number of hydrogen-bond donors (Lipinski definition) is 1. The lowest BCUT2D eigenvalue weighted by molar-refractivity contribution is -0.133. The highest BCUT2D eigenvalue weighted by Gasteiger charge is 2.31. The topological polar surface area (TPSA) is 83.9 Å². The average Bonchev–Trinajstić information content (AvgIpc) is 3.22. The van der Waals surface area contributed by atoms with E-state index < -0.39 is 0 Å². The van der Waals surface area contributed by atoms with Crippen LogP contribution in [0, 0.1) is 0 Å². The first kappa shape index (κ1) is 25.2. The predicted molar refractivity (Wildman–Crippen MR) is 142 cm³/mol. The molecule has 3 amide bonds. The van der Waals surface area contributed by atoms with Gasteiger partial charge in [0.05, 0.1) is 29.3 Å². The molecule has 2 aromatic carbocycles. The lowest BCUT2D eigenvalue weighted by atomic mass is 9.98. The number of carbonyl (C=O) groups is 3. The molecule has 0 aliphatic carbocycles. The van der Waals surface area contributed by atoms with Crippen LogP contribution in [0.15, 0.2) is 49.2 Å². The molecule has 2 aliphatic heterocycles. The molecule has 5 rings (SSSR count). The molecule has 1 aromatic heterocycles. The van der Waals surface area contributed by atoms with Gasteiger partial charge in [-0.05, 0) is 36.3 Å². The van der Waals surface area contributed by atoms with Gasteiger partial charge in [0.2, 0.25) is 11.8 Å². The molecule has 0 unspecified atom stereocenters. The molecule has 0 radical (unpaired) electrons. The number of fused-ring (bicyclic) bond motifs is 2. The van der Waals surface area contributed by atoms with Gasteiger partial charge >= 0.3 is 0 Å². The smallest absolute Gasteiger partial charge is 0.256 e. The molecule has 0 saturated carbocycles. The lowest BCUT2D eigenvalue weighted by Gasteiger charge is -2.38. The van der Waals surface area contributed by atoms with Gasteiger partial charge in [0.1, 0.15) is 12.3 Å². The Balaban J connectivity index is 1.38. The van der Waals surface area contributed by atoms with Gasteiger partial charge in [-0.15, -0.1) is 0 Å². The summed E-state index contributed by atoms with van der Waals surface area (Å²) in [6, 6.07) is 9.03. The molecule has 0 bridgehead atoms. The number of halogens is 2. The first-order valence-corrected chi connectivity index (χ1v) is 12.7. The summed E-state index contributed by atoms with van der Waals surface area (Å²) in [5.41, 5.74) is 3.16. The van der Waals surface area contributed by atoms with E-state index in [1.165, 1.54) is 6.08 Å². The van der Waals surface area contributed by atoms with Gasteiger partial charge in [0.25, 0.3) is 5.91 Å².